The topological polar surface area (TPSA) is 53.1 Å². The minimum atomic E-state index is 0.0143. The van der Waals surface area contributed by atoms with Crippen molar-refractivity contribution in [3.63, 3.8) is 0 Å². The molecule has 1 atom stereocenters. The van der Waals surface area contributed by atoms with Crippen molar-refractivity contribution >= 4 is 11.8 Å². The van der Waals surface area contributed by atoms with Crippen LogP contribution in [0.15, 0.2) is 41.6 Å². The number of hydrogen-bond donors (Lipinski definition) is 1. The Kier molecular flexibility index (Phi) is 5.49. The van der Waals surface area contributed by atoms with E-state index >= 15 is 0 Å². The molecule has 2 rings (SSSR count). The summed E-state index contributed by atoms with van der Waals surface area (Å²) >= 11 is 1.72. The van der Waals surface area contributed by atoms with Gasteiger partial charge in [-0.15, -0.1) is 11.8 Å². The molecule has 20 heavy (non-hydrogen) atoms. The van der Waals surface area contributed by atoms with Crippen LogP contribution in [0.25, 0.3) is 0 Å². The quantitative estimate of drug-likeness (QED) is 0.797. The first kappa shape index (κ1) is 14.9. The van der Waals surface area contributed by atoms with Gasteiger partial charge in [-0.2, -0.15) is 5.10 Å². The Labute approximate surface area is 124 Å². The highest BCUT2D eigenvalue weighted by Crippen LogP contribution is 2.24. The van der Waals surface area contributed by atoms with Crippen LogP contribution < -0.4 is 10.5 Å². The molecule has 1 heterocycles. The zero-order valence-corrected chi connectivity index (χ0v) is 12.8. The summed E-state index contributed by atoms with van der Waals surface area (Å²) in [7, 11) is 1.92. The largest absolute Gasteiger partial charge is 0.494 e. The molecule has 1 aromatic heterocycles. The van der Waals surface area contributed by atoms with Crippen LogP contribution in [0.3, 0.4) is 0 Å². The normalized spacial score (nSPS) is 12.3. The van der Waals surface area contributed by atoms with E-state index in [0.29, 0.717) is 0 Å². The maximum absolute atomic E-state index is 6.21. The van der Waals surface area contributed by atoms with E-state index in [1.807, 2.05) is 43.7 Å². The SMILES string of the molecule is CCCOc1ccc(C(N)CSc2cnn(C)c2)cc1. The fraction of sp³-hybridized carbons (Fsp3) is 0.400. The standard InChI is InChI=1S/C15H21N3OS/c1-3-8-19-13-6-4-12(5-7-13)15(16)11-20-14-9-17-18(2)10-14/h4-7,9-10,15H,3,8,11,16H2,1-2H3. The Morgan fingerprint density at radius 3 is 2.70 bits per heavy atom. The van der Waals surface area contributed by atoms with Gasteiger partial charge in [-0.05, 0) is 24.1 Å². The number of rotatable bonds is 7. The van der Waals surface area contributed by atoms with Gasteiger partial charge in [0.05, 0.1) is 12.8 Å². The second kappa shape index (κ2) is 7.36. The molecule has 0 saturated heterocycles. The van der Waals surface area contributed by atoms with E-state index in [0.717, 1.165) is 35.0 Å². The van der Waals surface area contributed by atoms with Gasteiger partial charge < -0.3 is 10.5 Å². The molecule has 0 fully saturated rings. The number of aryl methyl sites for hydroxylation is 1. The number of nitrogens with two attached hydrogens (primary N) is 1. The highest BCUT2D eigenvalue weighted by molar-refractivity contribution is 7.99. The number of thioether (sulfide) groups is 1. The Morgan fingerprint density at radius 1 is 1.35 bits per heavy atom. The minimum absolute atomic E-state index is 0.0143. The lowest BCUT2D eigenvalue weighted by molar-refractivity contribution is 0.317. The Balaban J connectivity index is 1.86. The van der Waals surface area contributed by atoms with Crippen LogP contribution in [0.5, 0.6) is 5.75 Å². The molecule has 0 saturated carbocycles. The minimum Gasteiger partial charge on any atom is -0.494 e. The second-order valence-electron chi connectivity index (χ2n) is 4.68. The van der Waals surface area contributed by atoms with Gasteiger partial charge in [0.1, 0.15) is 5.75 Å². The third-order valence-electron chi connectivity index (χ3n) is 2.89. The van der Waals surface area contributed by atoms with Gasteiger partial charge in [-0.25, -0.2) is 0 Å². The van der Waals surface area contributed by atoms with Crippen molar-refractivity contribution in [3.05, 3.63) is 42.2 Å². The molecule has 1 unspecified atom stereocenters. The van der Waals surface area contributed by atoms with E-state index in [2.05, 4.69) is 12.0 Å². The van der Waals surface area contributed by atoms with Gasteiger partial charge in [0.2, 0.25) is 0 Å². The van der Waals surface area contributed by atoms with Gasteiger partial charge in [0, 0.05) is 29.9 Å². The molecule has 4 nitrogen and oxygen atoms in total. The number of ether oxygens (including phenoxy) is 1. The average molecular weight is 291 g/mol. The predicted molar refractivity (Wildman–Crippen MR) is 83.1 cm³/mol. The maximum Gasteiger partial charge on any atom is 0.119 e. The van der Waals surface area contributed by atoms with Crippen LogP contribution >= 0.6 is 11.8 Å². The molecule has 1 aromatic carbocycles. The van der Waals surface area contributed by atoms with E-state index in [-0.39, 0.29) is 6.04 Å². The monoisotopic (exact) mass is 291 g/mol. The molecule has 0 radical (unpaired) electrons. The van der Waals surface area contributed by atoms with Crippen molar-refractivity contribution in [2.24, 2.45) is 12.8 Å². The van der Waals surface area contributed by atoms with Gasteiger partial charge in [0.25, 0.3) is 0 Å². The number of benzene rings is 1. The summed E-state index contributed by atoms with van der Waals surface area (Å²) in [6.45, 7) is 2.85. The molecule has 108 valence electrons. The Morgan fingerprint density at radius 2 is 2.10 bits per heavy atom. The molecule has 0 spiro atoms. The molecule has 2 aromatic rings. The first-order chi connectivity index (χ1) is 9.69. The lowest BCUT2D eigenvalue weighted by atomic mass is 10.1. The average Bonchev–Trinajstić information content (AvgIpc) is 2.89. The molecule has 2 N–H and O–H groups in total. The van der Waals surface area contributed by atoms with Crippen LogP contribution in [-0.2, 0) is 7.05 Å². The van der Waals surface area contributed by atoms with Crippen LogP contribution in [-0.4, -0.2) is 22.1 Å². The summed E-state index contributed by atoms with van der Waals surface area (Å²) in [6, 6.07) is 8.07. The fourth-order valence-electron chi connectivity index (χ4n) is 1.79. The van der Waals surface area contributed by atoms with Gasteiger partial charge in [-0.1, -0.05) is 19.1 Å². The molecular formula is C15H21N3OS. The summed E-state index contributed by atoms with van der Waals surface area (Å²) in [4.78, 5) is 1.14. The van der Waals surface area contributed by atoms with Crippen molar-refractivity contribution < 1.29 is 4.74 Å². The highest BCUT2D eigenvalue weighted by Gasteiger charge is 2.08. The van der Waals surface area contributed by atoms with Gasteiger partial charge in [-0.3, -0.25) is 4.68 Å². The van der Waals surface area contributed by atoms with Crippen molar-refractivity contribution in [3.8, 4) is 5.75 Å². The molecule has 0 aliphatic heterocycles. The molecule has 0 aliphatic rings. The Hall–Kier alpha value is -1.46. The zero-order valence-electron chi connectivity index (χ0n) is 12.0. The van der Waals surface area contributed by atoms with Gasteiger partial charge in [0.15, 0.2) is 0 Å². The highest BCUT2D eigenvalue weighted by atomic mass is 32.2. The van der Waals surface area contributed by atoms with Crippen LogP contribution in [0, 0.1) is 0 Å². The number of nitrogens with zero attached hydrogens (tertiary/aromatic N) is 2. The van der Waals surface area contributed by atoms with E-state index in [9.17, 15) is 0 Å². The third-order valence-corrected chi connectivity index (χ3v) is 3.96. The summed E-state index contributed by atoms with van der Waals surface area (Å²) in [6.07, 6.45) is 4.88. The molecule has 0 bridgehead atoms. The van der Waals surface area contributed by atoms with Crippen molar-refractivity contribution in [1.29, 1.82) is 0 Å². The first-order valence-corrected chi connectivity index (χ1v) is 7.77. The smallest absolute Gasteiger partial charge is 0.119 e. The summed E-state index contributed by atoms with van der Waals surface area (Å²) in [5.74, 6) is 1.74. The zero-order chi connectivity index (χ0) is 14.4. The van der Waals surface area contributed by atoms with E-state index in [1.165, 1.54) is 0 Å². The van der Waals surface area contributed by atoms with Crippen molar-refractivity contribution in [1.82, 2.24) is 9.78 Å². The fourth-order valence-corrected chi connectivity index (χ4v) is 2.70. The van der Waals surface area contributed by atoms with Crippen LogP contribution in [0.4, 0.5) is 0 Å². The number of hydrogen-bond acceptors (Lipinski definition) is 4. The molecule has 5 heteroatoms. The molecule has 0 amide bonds. The van der Waals surface area contributed by atoms with E-state index in [4.69, 9.17) is 10.5 Å². The van der Waals surface area contributed by atoms with Crippen molar-refractivity contribution in [2.75, 3.05) is 12.4 Å². The van der Waals surface area contributed by atoms with Crippen molar-refractivity contribution in [2.45, 2.75) is 24.3 Å². The van der Waals surface area contributed by atoms with E-state index in [1.54, 1.807) is 16.4 Å². The number of aromatic nitrogens is 2. The lowest BCUT2D eigenvalue weighted by Crippen LogP contribution is -2.12. The van der Waals surface area contributed by atoms with E-state index < -0.39 is 0 Å². The van der Waals surface area contributed by atoms with Crippen LogP contribution in [0.2, 0.25) is 0 Å². The summed E-state index contributed by atoms with van der Waals surface area (Å²) < 4.78 is 7.36. The molecule has 0 aliphatic carbocycles. The summed E-state index contributed by atoms with van der Waals surface area (Å²) in [5, 5.41) is 4.15. The maximum atomic E-state index is 6.21. The summed E-state index contributed by atoms with van der Waals surface area (Å²) in [5.41, 5.74) is 7.34. The second-order valence-corrected chi connectivity index (χ2v) is 5.78. The lowest BCUT2D eigenvalue weighted by Gasteiger charge is -2.12. The molecular weight excluding hydrogens is 270 g/mol. The van der Waals surface area contributed by atoms with Crippen LogP contribution in [0.1, 0.15) is 24.9 Å². The van der Waals surface area contributed by atoms with Gasteiger partial charge >= 0.3 is 0 Å². The predicted octanol–water partition coefficient (Wildman–Crippen LogP) is 3.00. The first-order valence-electron chi connectivity index (χ1n) is 6.79. The third kappa shape index (κ3) is 4.28. The Bertz CT molecular complexity index is 524.